The maximum Gasteiger partial charge on any atom is 0.393 e. The number of anilines is 1. The predicted octanol–water partition coefficient (Wildman–Crippen LogP) is 3.22. The highest BCUT2D eigenvalue weighted by molar-refractivity contribution is 7.95. The number of alkyl halides is 4. The predicted molar refractivity (Wildman–Crippen MR) is 86.7 cm³/mol. The van der Waals surface area contributed by atoms with Crippen molar-refractivity contribution in [2.24, 2.45) is 0 Å². The van der Waals surface area contributed by atoms with E-state index in [9.17, 15) is 26.0 Å². The lowest BCUT2D eigenvalue weighted by Crippen LogP contribution is -2.46. The average Bonchev–Trinajstić information content (AvgIpc) is 2.72. The molecule has 0 saturated carbocycles. The van der Waals surface area contributed by atoms with Crippen LogP contribution in [0.4, 0.5) is 23.2 Å². The third kappa shape index (κ3) is 3.82. The van der Waals surface area contributed by atoms with Crippen LogP contribution in [0.5, 0.6) is 0 Å². The Balaban J connectivity index is 1.93. The van der Waals surface area contributed by atoms with E-state index in [1.165, 1.54) is 18.2 Å². The molecule has 1 saturated heterocycles. The number of fused-ring (bicyclic) bond motifs is 1. The van der Waals surface area contributed by atoms with Crippen LogP contribution in [-0.2, 0) is 9.84 Å². The van der Waals surface area contributed by atoms with Crippen molar-refractivity contribution in [2.45, 2.75) is 36.1 Å². The number of allylic oxidation sites excluding steroid dienone is 1. The molecule has 25 heavy (non-hydrogen) atoms. The number of hydrogen-bond donors (Lipinski definition) is 1. The van der Waals surface area contributed by atoms with Gasteiger partial charge in [-0.2, -0.15) is 13.2 Å². The summed E-state index contributed by atoms with van der Waals surface area (Å²) in [5.74, 6) is 0. The van der Waals surface area contributed by atoms with Crippen LogP contribution in [0.1, 0.15) is 18.4 Å². The van der Waals surface area contributed by atoms with Crippen LogP contribution in [0.3, 0.4) is 0 Å². The van der Waals surface area contributed by atoms with Gasteiger partial charge in [0.05, 0.1) is 18.2 Å². The van der Waals surface area contributed by atoms with Gasteiger partial charge in [0.25, 0.3) is 0 Å². The number of hydrogen-bond acceptors (Lipinski definition) is 4. The fourth-order valence-electron chi connectivity index (χ4n) is 3.29. The van der Waals surface area contributed by atoms with Crippen molar-refractivity contribution in [3.8, 4) is 0 Å². The minimum absolute atomic E-state index is 0.0330. The number of nitrogens with one attached hydrogen (secondary N) is 1. The zero-order valence-corrected chi connectivity index (χ0v) is 14.3. The third-order valence-corrected chi connectivity index (χ3v) is 6.02. The summed E-state index contributed by atoms with van der Waals surface area (Å²) in [5, 5.41) is 3.56. The molecule has 1 aromatic rings. The molecule has 2 aliphatic heterocycles. The maximum atomic E-state index is 14.2. The second-order valence-electron chi connectivity index (χ2n) is 6.48. The van der Waals surface area contributed by atoms with E-state index in [1.54, 1.807) is 7.05 Å². The SMILES string of the molecule is CN1CC[C@@H](Nc2cccc3c2S(=O)(=O)C=C3CC(F)(F)F)[C@H](F)C1. The molecule has 3 rings (SSSR count). The monoisotopic (exact) mass is 378 g/mol. The van der Waals surface area contributed by atoms with E-state index in [2.05, 4.69) is 5.32 Å². The number of likely N-dealkylation sites (tertiary alicyclic amines) is 1. The standard InChI is InChI=1S/C16H18F4N2O2S/c1-22-6-5-13(12(17)8-22)21-14-4-2-3-11-10(7-16(18,19)20)9-25(23,24)15(11)14/h2-4,9,12-13,21H,5-8H2,1H3/t12-,13-/m1/s1. The molecule has 0 amide bonds. The Bertz CT molecular complexity index is 805. The first kappa shape index (κ1) is 18.2. The Morgan fingerprint density at radius 1 is 1.32 bits per heavy atom. The topological polar surface area (TPSA) is 49.4 Å². The minimum atomic E-state index is -4.51. The number of sulfone groups is 1. The van der Waals surface area contributed by atoms with Gasteiger partial charge in [-0.3, -0.25) is 0 Å². The average molecular weight is 378 g/mol. The number of piperidine rings is 1. The van der Waals surface area contributed by atoms with Gasteiger partial charge >= 0.3 is 6.18 Å². The van der Waals surface area contributed by atoms with E-state index in [1.807, 2.05) is 4.90 Å². The molecule has 0 aliphatic carbocycles. The molecule has 9 heteroatoms. The number of nitrogens with zero attached hydrogens (tertiary/aromatic N) is 1. The fraction of sp³-hybridized carbons (Fsp3) is 0.500. The van der Waals surface area contributed by atoms with Crippen LogP contribution in [0.25, 0.3) is 5.57 Å². The lowest BCUT2D eigenvalue weighted by Gasteiger charge is -2.33. The summed E-state index contributed by atoms with van der Waals surface area (Å²) >= 11 is 0. The van der Waals surface area contributed by atoms with E-state index in [0.717, 1.165) is 0 Å². The van der Waals surface area contributed by atoms with Crippen LogP contribution in [0.2, 0.25) is 0 Å². The van der Waals surface area contributed by atoms with Gasteiger partial charge in [0.15, 0.2) is 0 Å². The van der Waals surface area contributed by atoms with Crippen LogP contribution in [-0.4, -0.2) is 51.8 Å². The molecular weight excluding hydrogens is 360 g/mol. The Kier molecular flexibility index (Phi) is 4.57. The second kappa shape index (κ2) is 6.28. The van der Waals surface area contributed by atoms with Gasteiger partial charge in [0.1, 0.15) is 11.1 Å². The lowest BCUT2D eigenvalue weighted by atomic mass is 10.0. The molecule has 1 fully saturated rings. The number of benzene rings is 1. The molecule has 1 aromatic carbocycles. The summed E-state index contributed by atoms with van der Waals surface area (Å²) in [7, 11) is -2.20. The van der Waals surface area contributed by atoms with Crippen LogP contribution in [0.15, 0.2) is 28.5 Å². The number of halogens is 4. The molecule has 0 unspecified atom stereocenters. The molecule has 2 aliphatic rings. The molecule has 0 aromatic heterocycles. The highest BCUT2D eigenvalue weighted by Gasteiger charge is 2.37. The van der Waals surface area contributed by atoms with Crippen LogP contribution < -0.4 is 5.32 Å². The molecule has 0 radical (unpaired) electrons. The number of rotatable bonds is 3. The molecule has 0 spiro atoms. The van der Waals surface area contributed by atoms with E-state index in [0.29, 0.717) is 18.4 Å². The second-order valence-corrected chi connectivity index (χ2v) is 8.21. The molecule has 138 valence electrons. The molecule has 2 heterocycles. The highest BCUT2D eigenvalue weighted by Crippen LogP contribution is 2.43. The van der Waals surface area contributed by atoms with Crippen molar-refractivity contribution in [1.82, 2.24) is 4.90 Å². The van der Waals surface area contributed by atoms with E-state index < -0.39 is 34.6 Å². The summed E-state index contributed by atoms with van der Waals surface area (Å²) in [6, 6.07) is 3.72. The largest absolute Gasteiger partial charge is 0.393 e. The Morgan fingerprint density at radius 2 is 2.04 bits per heavy atom. The Labute approximate surface area is 143 Å². The van der Waals surface area contributed by atoms with Gasteiger partial charge in [-0.25, -0.2) is 12.8 Å². The first-order valence-corrected chi connectivity index (χ1v) is 9.36. The Hall–Kier alpha value is -1.61. The molecular formula is C16H18F4N2O2S. The van der Waals surface area contributed by atoms with Crippen molar-refractivity contribution in [3.63, 3.8) is 0 Å². The highest BCUT2D eigenvalue weighted by atomic mass is 32.2. The summed E-state index contributed by atoms with van der Waals surface area (Å²) in [4.78, 5) is 1.64. The summed E-state index contributed by atoms with van der Waals surface area (Å²) in [6.07, 6.45) is -6.54. The maximum absolute atomic E-state index is 14.2. The molecule has 1 N–H and O–H groups in total. The minimum Gasteiger partial charge on any atom is -0.378 e. The quantitative estimate of drug-likeness (QED) is 0.821. The van der Waals surface area contributed by atoms with Crippen molar-refractivity contribution in [2.75, 3.05) is 25.5 Å². The Morgan fingerprint density at radius 3 is 2.68 bits per heavy atom. The zero-order valence-electron chi connectivity index (χ0n) is 13.5. The summed E-state index contributed by atoms with van der Waals surface area (Å²) in [6.45, 7) is 0.869. The summed E-state index contributed by atoms with van der Waals surface area (Å²) in [5.41, 5.74) is -0.0971. The van der Waals surface area contributed by atoms with Gasteiger partial charge in [-0.1, -0.05) is 12.1 Å². The fourth-order valence-corrected chi connectivity index (χ4v) is 4.93. The van der Waals surface area contributed by atoms with Gasteiger partial charge in [-0.15, -0.1) is 0 Å². The summed E-state index contributed by atoms with van der Waals surface area (Å²) < 4.78 is 77.1. The lowest BCUT2D eigenvalue weighted by molar-refractivity contribution is -0.122. The normalized spacial score (nSPS) is 26.2. The van der Waals surface area contributed by atoms with E-state index in [4.69, 9.17) is 0 Å². The smallest absolute Gasteiger partial charge is 0.378 e. The third-order valence-electron chi connectivity index (χ3n) is 4.42. The first-order chi connectivity index (χ1) is 11.6. The van der Waals surface area contributed by atoms with Gasteiger partial charge < -0.3 is 10.2 Å². The van der Waals surface area contributed by atoms with Crippen LogP contribution >= 0.6 is 0 Å². The zero-order chi connectivity index (χ0) is 18.4. The van der Waals surface area contributed by atoms with Gasteiger partial charge in [-0.05, 0) is 30.7 Å². The molecule has 2 atom stereocenters. The van der Waals surface area contributed by atoms with Crippen molar-refractivity contribution in [3.05, 3.63) is 29.2 Å². The van der Waals surface area contributed by atoms with E-state index in [-0.39, 0.29) is 28.3 Å². The van der Waals surface area contributed by atoms with Crippen molar-refractivity contribution < 1.29 is 26.0 Å². The van der Waals surface area contributed by atoms with E-state index >= 15 is 0 Å². The first-order valence-electron chi connectivity index (χ1n) is 7.82. The molecule has 4 nitrogen and oxygen atoms in total. The van der Waals surface area contributed by atoms with Gasteiger partial charge in [0, 0.05) is 18.5 Å². The van der Waals surface area contributed by atoms with Crippen molar-refractivity contribution in [1.29, 1.82) is 0 Å². The van der Waals surface area contributed by atoms with Gasteiger partial charge in [0.2, 0.25) is 9.84 Å². The molecule has 0 bridgehead atoms. The van der Waals surface area contributed by atoms with Crippen LogP contribution in [0, 0.1) is 0 Å². The van der Waals surface area contributed by atoms with Crippen molar-refractivity contribution >= 4 is 21.1 Å².